The number of benzene rings is 1. The van der Waals surface area contributed by atoms with E-state index in [2.05, 4.69) is 20.1 Å². The lowest BCUT2D eigenvalue weighted by Crippen LogP contribution is -2.01. The van der Waals surface area contributed by atoms with Gasteiger partial charge in [-0.2, -0.15) is 0 Å². The second-order valence-electron chi connectivity index (χ2n) is 5.67. The highest BCUT2D eigenvalue weighted by Crippen LogP contribution is 2.41. The zero-order valence-electron chi connectivity index (χ0n) is 13.2. The molecule has 1 aliphatic rings. The monoisotopic (exact) mass is 341 g/mol. The lowest BCUT2D eigenvalue weighted by atomic mass is 10.3. The molecule has 0 saturated heterocycles. The van der Waals surface area contributed by atoms with Gasteiger partial charge in [-0.25, -0.2) is 24.0 Å². The van der Waals surface area contributed by atoms with E-state index in [4.69, 9.17) is 0 Å². The van der Waals surface area contributed by atoms with E-state index in [9.17, 15) is 4.39 Å². The molecule has 3 aromatic rings. The molecule has 0 atom stereocenters. The van der Waals surface area contributed by atoms with Crippen LogP contribution in [-0.2, 0) is 6.42 Å². The van der Waals surface area contributed by atoms with Crippen molar-refractivity contribution in [1.29, 1.82) is 0 Å². The molecule has 7 heteroatoms. The first-order valence-electron chi connectivity index (χ1n) is 7.96. The zero-order chi connectivity index (χ0) is 16.5. The van der Waals surface area contributed by atoms with Crippen molar-refractivity contribution in [3.8, 4) is 5.69 Å². The van der Waals surface area contributed by atoms with Crippen molar-refractivity contribution in [2.24, 2.45) is 0 Å². The van der Waals surface area contributed by atoms with Crippen LogP contribution in [0, 0.1) is 5.82 Å². The Kier molecular flexibility index (Phi) is 4.02. The summed E-state index contributed by atoms with van der Waals surface area (Å²) in [5.41, 5.74) is 1.38. The third kappa shape index (κ3) is 2.91. The van der Waals surface area contributed by atoms with E-state index in [1.54, 1.807) is 0 Å². The van der Waals surface area contributed by atoms with Gasteiger partial charge < -0.3 is 0 Å². The van der Waals surface area contributed by atoms with Crippen LogP contribution in [0.5, 0.6) is 0 Å². The molecule has 0 radical (unpaired) electrons. The number of aromatic nitrogens is 5. The smallest absolute Gasteiger partial charge is 0.215 e. The molecule has 1 aromatic carbocycles. The molecule has 0 bridgehead atoms. The minimum atomic E-state index is -0.381. The van der Waals surface area contributed by atoms with Crippen molar-refractivity contribution in [3.63, 3.8) is 0 Å². The van der Waals surface area contributed by atoms with Gasteiger partial charge >= 0.3 is 0 Å². The van der Waals surface area contributed by atoms with Crippen molar-refractivity contribution in [2.45, 2.75) is 42.3 Å². The lowest BCUT2D eigenvalue weighted by Gasteiger charge is -2.03. The number of halogens is 1. The highest BCUT2D eigenvalue weighted by Gasteiger charge is 2.30. The summed E-state index contributed by atoms with van der Waals surface area (Å²) in [6.07, 6.45) is 4.16. The van der Waals surface area contributed by atoms with Crippen LogP contribution in [0.25, 0.3) is 5.69 Å². The first-order chi connectivity index (χ1) is 11.8. The van der Waals surface area contributed by atoms with E-state index in [1.165, 1.54) is 6.33 Å². The topological polar surface area (TPSA) is 56.5 Å². The Hall–Kier alpha value is -2.28. The molecule has 0 amide bonds. The second-order valence-corrected chi connectivity index (χ2v) is 6.63. The minimum Gasteiger partial charge on any atom is -0.238 e. The fraction of sp³-hybridized carbons (Fsp3) is 0.294. The van der Waals surface area contributed by atoms with Crippen LogP contribution in [0.15, 0.2) is 46.8 Å². The van der Waals surface area contributed by atoms with Crippen molar-refractivity contribution >= 4 is 11.8 Å². The fourth-order valence-electron chi connectivity index (χ4n) is 2.50. The van der Waals surface area contributed by atoms with Gasteiger partial charge in [-0.15, -0.1) is 5.10 Å². The molecule has 0 aliphatic heterocycles. The average Bonchev–Trinajstić information content (AvgIpc) is 3.38. The Balaban J connectivity index is 1.70. The third-order valence-corrected chi connectivity index (χ3v) is 4.74. The van der Waals surface area contributed by atoms with E-state index >= 15 is 0 Å². The second kappa shape index (κ2) is 6.32. The molecule has 2 heterocycles. The van der Waals surface area contributed by atoms with Crippen molar-refractivity contribution in [2.75, 3.05) is 0 Å². The van der Waals surface area contributed by atoms with Gasteiger partial charge in [-0.3, -0.25) is 0 Å². The number of aryl methyl sites for hydroxylation is 1. The summed E-state index contributed by atoms with van der Waals surface area (Å²) in [5.74, 6) is 0.997. The van der Waals surface area contributed by atoms with E-state index in [0.717, 1.165) is 36.1 Å². The largest absolute Gasteiger partial charge is 0.238 e. The van der Waals surface area contributed by atoms with Gasteiger partial charge in [0, 0.05) is 5.92 Å². The predicted octanol–water partition coefficient (Wildman–Crippen LogP) is 3.79. The average molecular weight is 341 g/mol. The quantitative estimate of drug-likeness (QED) is 0.661. The summed E-state index contributed by atoms with van der Waals surface area (Å²) in [5, 5.41) is 5.36. The first-order valence-corrected chi connectivity index (χ1v) is 8.77. The van der Waals surface area contributed by atoms with Crippen LogP contribution in [0.4, 0.5) is 4.39 Å². The highest BCUT2D eigenvalue weighted by atomic mass is 32.2. The highest BCUT2D eigenvalue weighted by molar-refractivity contribution is 7.99. The molecule has 122 valence electrons. The number of hydrogen-bond donors (Lipinski definition) is 0. The third-order valence-electron chi connectivity index (χ3n) is 3.91. The van der Waals surface area contributed by atoms with Crippen LogP contribution < -0.4 is 0 Å². The van der Waals surface area contributed by atoms with E-state index in [-0.39, 0.29) is 10.8 Å². The van der Waals surface area contributed by atoms with Gasteiger partial charge in [-0.1, -0.05) is 25.1 Å². The summed E-state index contributed by atoms with van der Waals surface area (Å²) >= 11 is 1.15. The van der Waals surface area contributed by atoms with Crippen LogP contribution in [0.3, 0.4) is 0 Å². The van der Waals surface area contributed by atoms with Gasteiger partial charge in [0.25, 0.3) is 0 Å². The first kappa shape index (κ1) is 15.3. The molecule has 0 spiro atoms. The summed E-state index contributed by atoms with van der Waals surface area (Å²) in [4.78, 5) is 12.6. The van der Waals surface area contributed by atoms with Gasteiger partial charge in [0.05, 0.1) is 11.4 Å². The Morgan fingerprint density at radius 2 is 2.00 bits per heavy atom. The molecular weight excluding hydrogens is 325 g/mol. The van der Waals surface area contributed by atoms with Crippen molar-refractivity contribution in [3.05, 3.63) is 54.0 Å². The molecule has 1 saturated carbocycles. The molecule has 24 heavy (non-hydrogen) atoms. The predicted molar refractivity (Wildman–Crippen MR) is 88.8 cm³/mol. The van der Waals surface area contributed by atoms with E-state index < -0.39 is 0 Å². The number of hydrogen-bond acceptors (Lipinski definition) is 5. The molecule has 1 fully saturated rings. The molecule has 1 aliphatic carbocycles. The van der Waals surface area contributed by atoms with Crippen molar-refractivity contribution in [1.82, 2.24) is 24.7 Å². The number of nitrogens with zero attached hydrogens (tertiary/aromatic N) is 5. The summed E-state index contributed by atoms with van der Waals surface area (Å²) in [6, 6.07) is 9.90. The Morgan fingerprint density at radius 3 is 2.71 bits per heavy atom. The van der Waals surface area contributed by atoms with Crippen LogP contribution in [0.2, 0.25) is 0 Å². The maximum Gasteiger partial charge on any atom is 0.215 e. The van der Waals surface area contributed by atoms with Gasteiger partial charge in [0.1, 0.15) is 17.2 Å². The maximum atomic E-state index is 14.4. The molecular formula is C17H16FN5S. The fourth-order valence-corrected chi connectivity index (χ4v) is 3.25. The zero-order valence-corrected chi connectivity index (χ0v) is 14.0. The van der Waals surface area contributed by atoms with Crippen LogP contribution in [-0.4, -0.2) is 24.7 Å². The SMILES string of the molecule is CCc1ncnc(Sc2nc(C3CC3)n(-c3ccccc3)n2)c1F. The number of rotatable bonds is 5. The van der Waals surface area contributed by atoms with Gasteiger partial charge in [0.15, 0.2) is 5.82 Å². The molecule has 2 aromatic heterocycles. The van der Waals surface area contributed by atoms with Crippen molar-refractivity contribution < 1.29 is 4.39 Å². The Bertz CT molecular complexity index is 861. The normalized spacial score (nSPS) is 14.1. The minimum absolute atomic E-state index is 0.273. The Morgan fingerprint density at radius 1 is 1.21 bits per heavy atom. The molecule has 0 unspecified atom stereocenters. The van der Waals surface area contributed by atoms with Gasteiger partial charge in [0.2, 0.25) is 5.16 Å². The molecule has 4 rings (SSSR count). The Labute approximate surface area is 143 Å². The maximum absolute atomic E-state index is 14.4. The molecule has 0 N–H and O–H groups in total. The molecule has 5 nitrogen and oxygen atoms in total. The lowest BCUT2D eigenvalue weighted by molar-refractivity contribution is 0.559. The van der Waals surface area contributed by atoms with E-state index in [1.807, 2.05) is 41.9 Å². The van der Waals surface area contributed by atoms with Crippen LogP contribution in [0.1, 0.15) is 37.2 Å². The number of para-hydroxylation sites is 1. The standard InChI is InChI=1S/C17H16FN5S/c1-2-13-14(18)16(20-10-19-13)24-17-21-15(11-8-9-11)23(22-17)12-6-4-3-5-7-12/h3-7,10-11H,2,8-9H2,1H3. The van der Waals surface area contributed by atoms with E-state index in [0.29, 0.717) is 23.2 Å². The van der Waals surface area contributed by atoms with Gasteiger partial charge in [-0.05, 0) is 43.2 Å². The summed E-state index contributed by atoms with van der Waals surface area (Å²) < 4.78 is 16.2. The van der Waals surface area contributed by atoms with Crippen LogP contribution >= 0.6 is 11.8 Å². The summed E-state index contributed by atoms with van der Waals surface area (Å²) in [7, 11) is 0. The summed E-state index contributed by atoms with van der Waals surface area (Å²) in [6.45, 7) is 1.87.